The van der Waals surface area contributed by atoms with Gasteiger partial charge in [0.15, 0.2) is 5.82 Å². The molecule has 1 aliphatic carbocycles. The van der Waals surface area contributed by atoms with Crippen LogP contribution in [0.4, 0.5) is 4.39 Å². The summed E-state index contributed by atoms with van der Waals surface area (Å²) in [7, 11) is 0. The van der Waals surface area contributed by atoms with Crippen molar-refractivity contribution < 1.29 is 4.39 Å². The maximum absolute atomic E-state index is 13.9. The van der Waals surface area contributed by atoms with Gasteiger partial charge in [0.2, 0.25) is 5.16 Å². The van der Waals surface area contributed by atoms with Crippen molar-refractivity contribution >= 4 is 33.3 Å². The summed E-state index contributed by atoms with van der Waals surface area (Å²) in [5.41, 5.74) is 1.49. The van der Waals surface area contributed by atoms with Gasteiger partial charge in [-0.15, -0.1) is 16.4 Å². The Morgan fingerprint density at radius 2 is 2.04 bits per heavy atom. The predicted octanol–water partition coefficient (Wildman–Crippen LogP) is 4.08. The molecule has 28 heavy (non-hydrogen) atoms. The minimum absolute atomic E-state index is 0.0676. The highest BCUT2D eigenvalue weighted by molar-refractivity contribution is 7.98. The number of aromatic amines is 2. The Bertz CT molecular complexity index is 1230. The fraction of sp³-hybridized carbons (Fsp3) is 0.263. The second-order valence-corrected chi connectivity index (χ2v) is 8.66. The number of nitrogens with one attached hydrogen (secondary N) is 2. The van der Waals surface area contributed by atoms with E-state index in [0.717, 1.165) is 29.5 Å². The quantitative estimate of drug-likeness (QED) is 0.492. The lowest BCUT2D eigenvalue weighted by Gasteiger charge is -2.09. The molecule has 0 spiro atoms. The van der Waals surface area contributed by atoms with E-state index in [-0.39, 0.29) is 11.4 Å². The number of nitrogens with zero attached hydrogens (tertiary/aromatic N) is 3. The molecule has 5 rings (SSSR count). The van der Waals surface area contributed by atoms with E-state index in [4.69, 9.17) is 0 Å². The first-order chi connectivity index (χ1) is 13.7. The Balaban J connectivity index is 1.38. The number of halogens is 1. The van der Waals surface area contributed by atoms with Gasteiger partial charge in [0.05, 0.1) is 16.7 Å². The lowest BCUT2D eigenvalue weighted by atomic mass is 9.97. The zero-order chi connectivity index (χ0) is 19.1. The molecule has 0 bridgehead atoms. The predicted molar refractivity (Wildman–Crippen MR) is 108 cm³/mol. The van der Waals surface area contributed by atoms with Crippen molar-refractivity contribution in [3.8, 4) is 11.4 Å². The minimum Gasteiger partial charge on any atom is -0.309 e. The zero-order valence-corrected chi connectivity index (χ0v) is 16.4. The molecule has 3 aromatic heterocycles. The Hall–Kier alpha value is -2.52. The first-order valence-corrected chi connectivity index (χ1v) is 10.8. The normalized spacial score (nSPS) is 13.8. The molecule has 0 fully saturated rings. The molecule has 0 amide bonds. The molecule has 1 aromatic carbocycles. The van der Waals surface area contributed by atoms with E-state index in [2.05, 4.69) is 25.1 Å². The van der Waals surface area contributed by atoms with Gasteiger partial charge in [-0.05, 0) is 43.4 Å². The van der Waals surface area contributed by atoms with Gasteiger partial charge in [-0.2, -0.15) is 0 Å². The number of fused-ring (bicyclic) bond motifs is 3. The smallest absolute Gasteiger partial charge is 0.259 e. The lowest BCUT2D eigenvalue weighted by molar-refractivity contribution is 0.630. The lowest BCUT2D eigenvalue weighted by Crippen LogP contribution is -2.12. The van der Waals surface area contributed by atoms with Gasteiger partial charge >= 0.3 is 0 Å². The average Bonchev–Trinajstić information content (AvgIpc) is 3.31. The second-order valence-electron chi connectivity index (χ2n) is 6.64. The van der Waals surface area contributed by atoms with Crippen LogP contribution in [0, 0.1) is 5.82 Å². The van der Waals surface area contributed by atoms with Crippen molar-refractivity contribution in [2.45, 2.75) is 36.6 Å². The van der Waals surface area contributed by atoms with Crippen LogP contribution in [0.5, 0.6) is 0 Å². The summed E-state index contributed by atoms with van der Waals surface area (Å²) in [6.45, 7) is 0. The van der Waals surface area contributed by atoms with E-state index in [1.807, 2.05) is 0 Å². The van der Waals surface area contributed by atoms with Gasteiger partial charge in [-0.25, -0.2) is 14.4 Å². The summed E-state index contributed by atoms with van der Waals surface area (Å²) in [5.74, 6) is 1.05. The van der Waals surface area contributed by atoms with Crippen LogP contribution >= 0.6 is 23.1 Å². The maximum Gasteiger partial charge on any atom is 0.259 e. The van der Waals surface area contributed by atoms with Crippen molar-refractivity contribution in [3.63, 3.8) is 0 Å². The van der Waals surface area contributed by atoms with Crippen molar-refractivity contribution in [2.24, 2.45) is 0 Å². The van der Waals surface area contributed by atoms with Crippen LogP contribution in [0.2, 0.25) is 0 Å². The molecule has 0 atom stereocenters. The third-order valence-corrected chi connectivity index (χ3v) is 6.85. The molecule has 0 aliphatic heterocycles. The fourth-order valence-corrected chi connectivity index (χ4v) is 5.44. The topological polar surface area (TPSA) is 87.3 Å². The van der Waals surface area contributed by atoms with Gasteiger partial charge < -0.3 is 4.98 Å². The molecule has 0 saturated carbocycles. The minimum atomic E-state index is -0.353. The number of rotatable bonds is 4. The van der Waals surface area contributed by atoms with Crippen LogP contribution in [0.15, 0.2) is 34.2 Å². The summed E-state index contributed by atoms with van der Waals surface area (Å²) in [5, 5.41) is 8.13. The van der Waals surface area contributed by atoms with Gasteiger partial charge in [0.1, 0.15) is 16.5 Å². The summed E-state index contributed by atoms with van der Waals surface area (Å²) < 4.78 is 13.9. The number of hydrogen-bond acceptors (Lipinski definition) is 6. The van der Waals surface area contributed by atoms with E-state index in [9.17, 15) is 9.18 Å². The van der Waals surface area contributed by atoms with E-state index >= 15 is 0 Å². The SMILES string of the molecule is O=c1[nH]c(CSc2n[nH]c(-c3ccccc3F)n2)nc2sc3c(c12)CCCC3. The van der Waals surface area contributed by atoms with Gasteiger partial charge in [0.25, 0.3) is 5.56 Å². The van der Waals surface area contributed by atoms with Crippen LogP contribution < -0.4 is 5.56 Å². The van der Waals surface area contributed by atoms with E-state index in [0.29, 0.717) is 28.1 Å². The largest absolute Gasteiger partial charge is 0.309 e. The van der Waals surface area contributed by atoms with E-state index < -0.39 is 0 Å². The van der Waals surface area contributed by atoms with Gasteiger partial charge in [-0.1, -0.05) is 23.9 Å². The van der Waals surface area contributed by atoms with Crippen LogP contribution in [0.25, 0.3) is 21.6 Å². The third kappa shape index (κ3) is 3.14. The Kier molecular flexibility index (Phi) is 4.48. The summed E-state index contributed by atoms with van der Waals surface area (Å²) in [6.07, 6.45) is 4.31. The van der Waals surface area contributed by atoms with Crippen molar-refractivity contribution in [3.05, 3.63) is 56.7 Å². The molecule has 1 aliphatic rings. The molecule has 3 heterocycles. The molecule has 0 saturated heterocycles. The molecule has 0 unspecified atom stereocenters. The highest BCUT2D eigenvalue weighted by atomic mass is 32.2. The highest BCUT2D eigenvalue weighted by Crippen LogP contribution is 2.33. The van der Waals surface area contributed by atoms with Gasteiger partial charge in [-0.3, -0.25) is 9.89 Å². The molecule has 142 valence electrons. The second kappa shape index (κ2) is 7.14. The summed E-state index contributed by atoms with van der Waals surface area (Å²) in [4.78, 5) is 26.6. The average molecular weight is 414 g/mol. The summed E-state index contributed by atoms with van der Waals surface area (Å²) >= 11 is 2.98. The molecule has 4 aromatic rings. The standard InChI is InChI=1S/C19H16FN5OS2/c20-12-7-3-1-5-10(12)16-23-19(25-24-16)27-9-14-21-17(26)15-11-6-2-4-8-13(11)28-18(15)22-14/h1,3,5,7H,2,4,6,8-9H2,(H,21,22,26)(H,23,24,25). The zero-order valence-electron chi connectivity index (χ0n) is 14.8. The Labute approximate surface area is 167 Å². The molecule has 2 N–H and O–H groups in total. The van der Waals surface area contributed by atoms with Gasteiger partial charge in [0, 0.05) is 4.88 Å². The molecule has 6 nitrogen and oxygen atoms in total. The number of thioether (sulfide) groups is 1. The van der Waals surface area contributed by atoms with Crippen LogP contribution in [-0.2, 0) is 18.6 Å². The monoisotopic (exact) mass is 413 g/mol. The number of aromatic nitrogens is 5. The Morgan fingerprint density at radius 3 is 2.93 bits per heavy atom. The molecule has 0 radical (unpaired) electrons. The third-order valence-electron chi connectivity index (χ3n) is 4.81. The van der Waals surface area contributed by atoms with Crippen molar-refractivity contribution in [2.75, 3.05) is 0 Å². The number of thiophene rings is 1. The number of hydrogen-bond donors (Lipinski definition) is 2. The first-order valence-electron chi connectivity index (χ1n) is 9.02. The van der Waals surface area contributed by atoms with Crippen molar-refractivity contribution in [1.29, 1.82) is 0 Å². The number of aryl methyl sites for hydroxylation is 2. The highest BCUT2D eigenvalue weighted by Gasteiger charge is 2.20. The Morgan fingerprint density at radius 1 is 1.18 bits per heavy atom. The summed E-state index contributed by atoms with van der Waals surface area (Å²) in [6, 6.07) is 6.41. The molecular formula is C19H16FN5OS2. The van der Waals surface area contributed by atoms with E-state index in [1.54, 1.807) is 29.5 Å². The van der Waals surface area contributed by atoms with Crippen LogP contribution in [0.1, 0.15) is 29.1 Å². The maximum atomic E-state index is 13.9. The molecule has 9 heteroatoms. The fourth-order valence-electron chi connectivity index (χ4n) is 3.49. The van der Waals surface area contributed by atoms with Crippen LogP contribution in [-0.4, -0.2) is 25.1 Å². The van der Waals surface area contributed by atoms with Crippen molar-refractivity contribution in [1.82, 2.24) is 25.1 Å². The number of H-pyrrole nitrogens is 2. The number of benzene rings is 1. The van der Waals surface area contributed by atoms with E-state index in [1.165, 1.54) is 34.7 Å². The first kappa shape index (κ1) is 17.6. The van der Waals surface area contributed by atoms with Crippen LogP contribution in [0.3, 0.4) is 0 Å². The molecular weight excluding hydrogens is 397 g/mol.